The average Bonchev–Trinajstić information content (AvgIpc) is 3.61. The van der Waals surface area contributed by atoms with Crippen molar-refractivity contribution in [1.82, 2.24) is 40.1 Å². The number of aromatic nitrogens is 8. The number of fused-ring (bicyclic) bond motifs is 2. The molecule has 0 aliphatic carbocycles. The number of imidazole rings is 1. The Labute approximate surface area is 216 Å². The van der Waals surface area contributed by atoms with Crippen LogP contribution < -0.4 is 4.74 Å². The molecule has 7 aromatic rings. The van der Waals surface area contributed by atoms with Crippen LogP contribution in [0.25, 0.3) is 56.0 Å². The van der Waals surface area contributed by atoms with E-state index in [1.165, 1.54) is 0 Å². The molecular weight excluding hydrogens is 476 g/mol. The van der Waals surface area contributed by atoms with Crippen LogP contribution in [0.5, 0.6) is 5.75 Å². The minimum Gasteiger partial charge on any atom is -0.487 e. The first-order valence-electron chi connectivity index (χ1n) is 12.0. The number of nitrogens with one attached hydrogen (secondary N) is 2. The fraction of sp³-hybridized carbons (Fsp3) is 0.0345. The summed E-state index contributed by atoms with van der Waals surface area (Å²) >= 11 is 0. The number of nitrogens with zero attached hydrogens (tertiary/aromatic N) is 6. The van der Waals surface area contributed by atoms with Gasteiger partial charge in [0.2, 0.25) is 0 Å². The van der Waals surface area contributed by atoms with E-state index in [0.29, 0.717) is 29.5 Å². The van der Waals surface area contributed by atoms with E-state index < -0.39 is 0 Å². The highest BCUT2D eigenvalue weighted by atomic mass is 16.5. The van der Waals surface area contributed by atoms with Gasteiger partial charge in [-0.2, -0.15) is 5.10 Å². The van der Waals surface area contributed by atoms with Gasteiger partial charge in [-0.25, -0.2) is 9.97 Å². The highest BCUT2D eigenvalue weighted by Gasteiger charge is 2.17. The summed E-state index contributed by atoms with van der Waals surface area (Å²) in [5, 5.41) is 8.39. The lowest BCUT2D eigenvalue weighted by atomic mass is 10.1. The van der Waals surface area contributed by atoms with Gasteiger partial charge in [-0.15, -0.1) is 0 Å². The number of ether oxygens (including phenoxy) is 1. The van der Waals surface area contributed by atoms with Crippen LogP contribution in [0.2, 0.25) is 0 Å². The molecule has 6 heterocycles. The SMILES string of the molecule is c1ccc(COc2cncc(-c3cnc4[nH]nc(-c5nc6c(-c7ccncc7)nccc6[nH]5)c4c3)c2)cc1. The molecule has 0 aliphatic heterocycles. The molecule has 0 unspecified atom stereocenters. The number of benzene rings is 1. The molecule has 0 aliphatic rings. The van der Waals surface area contributed by atoms with Crippen LogP contribution >= 0.6 is 0 Å². The van der Waals surface area contributed by atoms with Gasteiger partial charge in [-0.3, -0.25) is 20.1 Å². The zero-order valence-corrected chi connectivity index (χ0v) is 20.0. The highest BCUT2D eigenvalue weighted by Crippen LogP contribution is 2.32. The van der Waals surface area contributed by atoms with E-state index in [-0.39, 0.29) is 0 Å². The molecule has 7 rings (SSSR count). The molecule has 0 spiro atoms. The monoisotopic (exact) mass is 496 g/mol. The van der Waals surface area contributed by atoms with Crippen LogP contribution in [0.4, 0.5) is 0 Å². The lowest BCUT2D eigenvalue weighted by Gasteiger charge is -2.08. The van der Waals surface area contributed by atoms with E-state index in [1.807, 2.05) is 60.7 Å². The predicted octanol–water partition coefficient (Wildman–Crippen LogP) is 5.60. The quantitative estimate of drug-likeness (QED) is 0.308. The van der Waals surface area contributed by atoms with Crippen molar-refractivity contribution in [2.75, 3.05) is 0 Å². The summed E-state index contributed by atoms with van der Waals surface area (Å²) < 4.78 is 5.97. The fourth-order valence-corrected chi connectivity index (χ4v) is 4.41. The molecule has 0 atom stereocenters. The number of hydrogen-bond acceptors (Lipinski definition) is 7. The first kappa shape index (κ1) is 21.8. The van der Waals surface area contributed by atoms with Crippen LogP contribution in [-0.4, -0.2) is 40.1 Å². The summed E-state index contributed by atoms with van der Waals surface area (Å²) in [5.41, 5.74) is 7.59. The summed E-state index contributed by atoms with van der Waals surface area (Å²) in [7, 11) is 0. The molecule has 0 saturated heterocycles. The summed E-state index contributed by atoms with van der Waals surface area (Å²) in [6, 6.07) is 19.8. The molecule has 0 radical (unpaired) electrons. The van der Waals surface area contributed by atoms with Gasteiger partial charge in [-0.1, -0.05) is 30.3 Å². The van der Waals surface area contributed by atoms with E-state index in [4.69, 9.17) is 9.72 Å². The smallest absolute Gasteiger partial charge is 0.159 e. The van der Waals surface area contributed by atoms with E-state index in [0.717, 1.165) is 44.4 Å². The second-order valence-electron chi connectivity index (χ2n) is 8.75. The van der Waals surface area contributed by atoms with E-state index in [9.17, 15) is 0 Å². The minimum absolute atomic E-state index is 0.470. The van der Waals surface area contributed by atoms with Gasteiger partial charge in [0.15, 0.2) is 11.5 Å². The van der Waals surface area contributed by atoms with Crippen LogP contribution in [0.15, 0.2) is 97.8 Å². The molecule has 38 heavy (non-hydrogen) atoms. The highest BCUT2D eigenvalue weighted by molar-refractivity contribution is 5.96. The Balaban J connectivity index is 1.24. The second kappa shape index (κ2) is 9.21. The molecule has 6 aromatic heterocycles. The maximum absolute atomic E-state index is 5.97. The summed E-state index contributed by atoms with van der Waals surface area (Å²) in [4.78, 5) is 25.9. The van der Waals surface area contributed by atoms with Crippen molar-refractivity contribution in [1.29, 1.82) is 0 Å². The van der Waals surface area contributed by atoms with Gasteiger partial charge in [0.1, 0.15) is 23.6 Å². The van der Waals surface area contributed by atoms with Crippen molar-refractivity contribution in [3.05, 3.63) is 103 Å². The van der Waals surface area contributed by atoms with Crippen LogP contribution in [0, 0.1) is 0 Å². The molecule has 0 bridgehead atoms. The van der Waals surface area contributed by atoms with Gasteiger partial charge >= 0.3 is 0 Å². The summed E-state index contributed by atoms with van der Waals surface area (Å²) in [6.07, 6.45) is 10.6. The zero-order valence-electron chi connectivity index (χ0n) is 20.0. The number of aromatic amines is 2. The topological polar surface area (TPSA) is 118 Å². The molecule has 182 valence electrons. The van der Waals surface area contributed by atoms with Crippen molar-refractivity contribution in [3.8, 4) is 39.7 Å². The maximum Gasteiger partial charge on any atom is 0.159 e. The molecule has 1 aromatic carbocycles. The largest absolute Gasteiger partial charge is 0.487 e. The number of hydrogen-bond donors (Lipinski definition) is 2. The lowest BCUT2D eigenvalue weighted by molar-refractivity contribution is 0.305. The zero-order chi connectivity index (χ0) is 25.3. The Morgan fingerprint density at radius 2 is 1.61 bits per heavy atom. The summed E-state index contributed by atoms with van der Waals surface area (Å²) in [5.74, 6) is 1.32. The van der Waals surface area contributed by atoms with Gasteiger partial charge in [0, 0.05) is 47.7 Å². The second-order valence-corrected chi connectivity index (χ2v) is 8.75. The van der Waals surface area contributed by atoms with Gasteiger partial charge in [-0.05, 0) is 35.9 Å². The molecule has 0 amide bonds. The first-order chi connectivity index (χ1) is 18.8. The van der Waals surface area contributed by atoms with Crippen LogP contribution in [0.3, 0.4) is 0 Å². The molecule has 9 nitrogen and oxygen atoms in total. The maximum atomic E-state index is 5.97. The standard InChI is InChI=1S/C29H20N8O/c1-2-4-18(5-3-1)17-38-22-12-20(14-31-16-22)21-13-23-26(36-37-28(23)33-15-21)29-34-24-8-11-32-25(27(24)35-29)19-6-9-30-10-7-19/h1-16H,17H2,(H,34,35)(H,33,36,37). The predicted molar refractivity (Wildman–Crippen MR) is 144 cm³/mol. The number of H-pyrrole nitrogens is 2. The third-order valence-electron chi connectivity index (χ3n) is 6.29. The van der Waals surface area contributed by atoms with E-state index in [2.05, 4.69) is 35.1 Å². The van der Waals surface area contributed by atoms with E-state index in [1.54, 1.807) is 37.2 Å². The molecule has 0 saturated carbocycles. The molecule has 2 N–H and O–H groups in total. The minimum atomic E-state index is 0.470. The molecule has 9 heteroatoms. The van der Waals surface area contributed by atoms with E-state index >= 15 is 0 Å². The van der Waals surface area contributed by atoms with Crippen molar-refractivity contribution < 1.29 is 4.74 Å². The van der Waals surface area contributed by atoms with Crippen LogP contribution in [-0.2, 0) is 6.61 Å². The molecule has 0 fully saturated rings. The lowest BCUT2D eigenvalue weighted by Crippen LogP contribution is -1.96. The average molecular weight is 497 g/mol. The normalized spacial score (nSPS) is 11.3. The first-order valence-corrected chi connectivity index (χ1v) is 12.0. The number of rotatable bonds is 6. The third-order valence-corrected chi connectivity index (χ3v) is 6.29. The Morgan fingerprint density at radius 3 is 2.50 bits per heavy atom. The van der Waals surface area contributed by atoms with Crippen molar-refractivity contribution >= 4 is 22.1 Å². The Hall–Kier alpha value is -5.44. The third kappa shape index (κ3) is 4.01. The Kier molecular flexibility index (Phi) is 5.29. The Bertz CT molecular complexity index is 1880. The Morgan fingerprint density at radius 1 is 0.737 bits per heavy atom. The van der Waals surface area contributed by atoms with Crippen molar-refractivity contribution in [2.24, 2.45) is 0 Å². The van der Waals surface area contributed by atoms with Crippen molar-refractivity contribution in [2.45, 2.75) is 6.61 Å². The number of pyridine rings is 4. The fourth-order valence-electron chi connectivity index (χ4n) is 4.41. The van der Waals surface area contributed by atoms with Gasteiger partial charge < -0.3 is 9.72 Å². The van der Waals surface area contributed by atoms with Gasteiger partial charge in [0.25, 0.3) is 0 Å². The van der Waals surface area contributed by atoms with Crippen molar-refractivity contribution in [3.63, 3.8) is 0 Å². The summed E-state index contributed by atoms with van der Waals surface area (Å²) in [6.45, 7) is 0.470. The van der Waals surface area contributed by atoms with Gasteiger partial charge in [0.05, 0.1) is 22.8 Å². The molecular formula is C29H20N8O. The van der Waals surface area contributed by atoms with Crippen LogP contribution in [0.1, 0.15) is 5.56 Å².